The van der Waals surface area contributed by atoms with Gasteiger partial charge in [0.05, 0.1) is 26.2 Å². The molecule has 0 aromatic heterocycles. The number of hydrogen-bond acceptors (Lipinski definition) is 0. The van der Waals surface area contributed by atoms with E-state index >= 15 is 0 Å². The van der Waals surface area contributed by atoms with Gasteiger partial charge in [0, 0.05) is 0 Å². The zero-order valence-electron chi connectivity index (χ0n) is 28.7. The van der Waals surface area contributed by atoms with E-state index in [-0.39, 0.29) is 0 Å². The van der Waals surface area contributed by atoms with Crippen molar-refractivity contribution < 1.29 is 4.48 Å². The molecule has 0 aliphatic rings. The maximum Gasteiger partial charge on any atom is 0.0888 e. The predicted molar refractivity (Wildman–Crippen MR) is 181 cm³/mol. The molecule has 0 saturated heterocycles. The van der Waals surface area contributed by atoms with Gasteiger partial charge in [-0.05, 0) is 51.4 Å². The maximum absolute atomic E-state index is 2.69. The summed E-state index contributed by atoms with van der Waals surface area (Å²) in [4.78, 5) is 0. The Bertz CT molecular complexity index is 430. The first kappa shape index (κ1) is 39.0. The molecule has 1 unspecified atom stereocenters. The second-order valence-electron chi connectivity index (χ2n) is 13.6. The van der Waals surface area contributed by atoms with Crippen LogP contribution in [0.4, 0.5) is 0 Å². The first-order valence-electron chi connectivity index (χ1n) is 19.0. The monoisotopic (exact) mass is 551 g/mol. The molecule has 0 aliphatic heterocycles. The molecule has 0 aromatic carbocycles. The van der Waals surface area contributed by atoms with E-state index in [0.29, 0.717) is 0 Å². The van der Waals surface area contributed by atoms with Crippen molar-refractivity contribution in [2.24, 2.45) is 0 Å². The lowest BCUT2D eigenvalue weighted by Gasteiger charge is -2.43. The fraction of sp³-hybridized carbons (Fsp3) is 1.00. The zero-order valence-corrected chi connectivity index (χ0v) is 28.7. The molecule has 0 aliphatic carbocycles. The fourth-order valence-electron chi connectivity index (χ4n) is 6.78. The Kier molecular flexibility index (Phi) is 30.9. The molecule has 1 atom stereocenters. The van der Waals surface area contributed by atoms with E-state index in [2.05, 4.69) is 34.7 Å². The molecule has 0 saturated carbocycles. The largest absolute Gasteiger partial charge is 0.324 e. The molecule has 0 N–H and O–H groups in total. The summed E-state index contributed by atoms with van der Waals surface area (Å²) in [6.45, 7) is 12.2. The zero-order chi connectivity index (χ0) is 28.7. The second-order valence-corrected chi connectivity index (χ2v) is 13.6. The van der Waals surface area contributed by atoms with Crippen LogP contribution in [0.15, 0.2) is 0 Å². The van der Waals surface area contributed by atoms with Gasteiger partial charge in [0.1, 0.15) is 0 Å². The van der Waals surface area contributed by atoms with Gasteiger partial charge >= 0.3 is 0 Å². The first-order valence-corrected chi connectivity index (χ1v) is 19.0. The molecule has 0 heterocycles. The minimum Gasteiger partial charge on any atom is -0.324 e. The molecule has 0 bridgehead atoms. The van der Waals surface area contributed by atoms with Crippen molar-refractivity contribution in [3.05, 3.63) is 0 Å². The molecular formula is C38H80N+. The standard InChI is InChI=1S/C38H80N/c1-6-10-14-18-22-23-24-25-29-33-37-39(5,36-32-28-21-17-13-9-4)38(34-30-26-19-15-11-7-2)35-31-27-20-16-12-8-3/h38H,6-37H2,1-5H3/q+1. The molecule has 1 nitrogen and oxygen atoms in total. The van der Waals surface area contributed by atoms with Crippen LogP contribution in [0.25, 0.3) is 0 Å². The Morgan fingerprint density at radius 1 is 0.308 bits per heavy atom. The van der Waals surface area contributed by atoms with E-state index in [1.807, 2.05) is 0 Å². The Hall–Kier alpha value is -0.0400. The molecule has 0 spiro atoms. The smallest absolute Gasteiger partial charge is 0.0888 e. The van der Waals surface area contributed by atoms with Crippen molar-refractivity contribution >= 4 is 0 Å². The Morgan fingerprint density at radius 2 is 0.538 bits per heavy atom. The fourth-order valence-corrected chi connectivity index (χ4v) is 6.78. The molecule has 0 radical (unpaired) electrons. The third kappa shape index (κ3) is 25.4. The van der Waals surface area contributed by atoms with Crippen LogP contribution in [-0.2, 0) is 0 Å². The maximum atomic E-state index is 2.69. The van der Waals surface area contributed by atoms with Crippen LogP contribution in [0.3, 0.4) is 0 Å². The highest BCUT2D eigenvalue weighted by Gasteiger charge is 2.31. The van der Waals surface area contributed by atoms with E-state index in [0.717, 1.165) is 6.04 Å². The van der Waals surface area contributed by atoms with Crippen molar-refractivity contribution in [2.75, 3.05) is 20.1 Å². The Morgan fingerprint density at radius 3 is 0.821 bits per heavy atom. The molecule has 236 valence electrons. The summed E-state index contributed by atoms with van der Waals surface area (Å²) in [6.07, 6.45) is 43.6. The number of nitrogens with zero attached hydrogens (tertiary/aromatic N) is 1. The highest BCUT2D eigenvalue weighted by Crippen LogP contribution is 2.26. The van der Waals surface area contributed by atoms with Crippen LogP contribution in [0.5, 0.6) is 0 Å². The van der Waals surface area contributed by atoms with E-state index < -0.39 is 0 Å². The Balaban J connectivity index is 4.84. The molecule has 0 amide bonds. The lowest BCUT2D eigenvalue weighted by molar-refractivity contribution is -0.934. The summed E-state index contributed by atoms with van der Waals surface area (Å²) >= 11 is 0. The van der Waals surface area contributed by atoms with Crippen LogP contribution >= 0.6 is 0 Å². The average molecular weight is 551 g/mol. The normalized spacial score (nSPS) is 13.4. The second kappa shape index (κ2) is 30.9. The topological polar surface area (TPSA) is 0 Å². The summed E-state index contributed by atoms with van der Waals surface area (Å²) in [5.74, 6) is 0. The van der Waals surface area contributed by atoms with Gasteiger partial charge in [-0.2, -0.15) is 0 Å². The van der Waals surface area contributed by atoms with Crippen LogP contribution in [0, 0.1) is 0 Å². The Labute approximate surface area is 250 Å². The van der Waals surface area contributed by atoms with Gasteiger partial charge in [0.25, 0.3) is 0 Å². The first-order chi connectivity index (χ1) is 19.1. The van der Waals surface area contributed by atoms with Gasteiger partial charge in [0.15, 0.2) is 0 Å². The summed E-state index contributed by atoms with van der Waals surface area (Å²) in [5, 5.41) is 0. The van der Waals surface area contributed by atoms with Crippen LogP contribution in [0.1, 0.15) is 220 Å². The van der Waals surface area contributed by atoms with Crippen LogP contribution < -0.4 is 0 Å². The number of quaternary nitrogens is 1. The highest BCUT2D eigenvalue weighted by molar-refractivity contribution is 4.64. The third-order valence-electron chi connectivity index (χ3n) is 9.71. The summed E-state index contributed by atoms with van der Waals surface area (Å²) in [7, 11) is 2.69. The van der Waals surface area contributed by atoms with Gasteiger partial charge in [-0.1, -0.05) is 169 Å². The molecule has 39 heavy (non-hydrogen) atoms. The van der Waals surface area contributed by atoms with Gasteiger partial charge < -0.3 is 4.48 Å². The van der Waals surface area contributed by atoms with Crippen molar-refractivity contribution in [3.8, 4) is 0 Å². The van der Waals surface area contributed by atoms with Gasteiger partial charge in [-0.25, -0.2) is 0 Å². The van der Waals surface area contributed by atoms with Gasteiger partial charge in [-0.15, -0.1) is 0 Å². The SMILES string of the molecule is CCCCCCCCCCCC[N+](C)(CCCCCCCC)C(CCCCCCCC)CCCCCCCC. The lowest BCUT2D eigenvalue weighted by atomic mass is 9.95. The average Bonchev–Trinajstić information content (AvgIpc) is 2.94. The highest BCUT2D eigenvalue weighted by atomic mass is 15.4. The van der Waals surface area contributed by atoms with Crippen molar-refractivity contribution in [3.63, 3.8) is 0 Å². The summed E-state index contributed by atoms with van der Waals surface area (Å²) < 4.78 is 1.40. The number of rotatable bonds is 33. The van der Waals surface area contributed by atoms with Crippen molar-refractivity contribution in [1.29, 1.82) is 0 Å². The van der Waals surface area contributed by atoms with Crippen LogP contribution in [0.2, 0.25) is 0 Å². The van der Waals surface area contributed by atoms with E-state index in [9.17, 15) is 0 Å². The molecule has 0 aromatic rings. The van der Waals surface area contributed by atoms with E-state index in [1.165, 1.54) is 210 Å². The molecular weight excluding hydrogens is 470 g/mol. The molecule has 0 fully saturated rings. The van der Waals surface area contributed by atoms with Gasteiger partial charge in [0.2, 0.25) is 0 Å². The minimum atomic E-state index is 0.913. The number of unbranched alkanes of at least 4 members (excludes halogenated alkanes) is 24. The lowest BCUT2D eigenvalue weighted by Crippen LogP contribution is -2.53. The van der Waals surface area contributed by atoms with Gasteiger partial charge in [-0.3, -0.25) is 0 Å². The quantitative estimate of drug-likeness (QED) is 0.0563. The van der Waals surface area contributed by atoms with Crippen molar-refractivity contribution in [2.45, 2.75) is 226 Å². The van der Waals surface area contributed by atoms with E-state index in [1.54, 1.807) is 0 Å². The number of hydrogen-bond donors (Lipinski definition) is 0. The third-order valence-corrected chi connectivity index (χ3v) is 9.71. The molecule has 1 heteroatoms. The molecule has 0 rings (SSSR count). The summed E-state index contributed by atoms with van der Waals surface area (Å²) in [5.41, 5.74) is 0. The predicted octanol–water partition coefficient (Wildman–Crippen LogP) is 13.6. The van der Waals surface area contributed by atoms with Crippen LogP contribution in [-0.4, -0.2) is 30.7 Å². The van der Waals surface area contributed by atoms with E-state index in [4.69, 9.17) is 0 Å². The minimum absolute atomic E-state index is 0.913. The summed E-state index contributed by atoms with van der Waals surface area (Å²) in [6, 6.07) is 0.913. The van der Waals surface area contributed by atoms with Crippen molar-refractivity contribution in [1.82, 2.24) is 0 Å².